The highest BCUT2D eigenvalue weighted by Gasteiger charge is 2.22. The Labute approximate surface area is 190 Å². The van der Waals surface area contributed by atoms with Crippen LogP contribution in [0.4, 0.5) is 0 Å². The molecule has 168 valence electrons. The fourth-order valence-corrected chi connectivity index (χ4v) is 3.83. The quantitative estimate of drug-likeness (QED) is 0.429. The molecule has 0 aliphatic rings. The number of benzene rings is 3. The van der Waals surface area contributed by atoms with Crippen LogP contribution in [0, 0.1) is 0 Å². The highest BCUT2D eigenvalue weighted by Crippen LogP contribution is 2.21. The van der Waals surface area contributed by atoms with Crippen LogP contribution in [0.1, 0.15) is 52.6 Å². The minimum absolute atomic E-state index is 0.127. The van der Waals surface area contributed by atoms with Crippen LogP contribution in [-0.4, -0.2) is 40.2 Å². The van der Waals surface area contributed by atoms with Gasteiger partial charge in [-0.2, -0.15) is 0 Å². The minimum Gasteiger partial charge on any atom is -0.387 e. The van der Waals surface area contributed by atoms with E-state index in [1.54, 1.807) is 12.1 Å². The number of carbonyl (C=O) groups excluding carboxylic acids is 1. The Hall–Kier alpha value is -2.99. The van der Waals surface area contributed by atoms with Gasteiger partial charge in [0.15, 0.2) is 0 Å². The number of hydrogen-bond donors (Lipinski definition) is 3. The molecule has 3 rings (SSSR count). The van der Waals surface area contributed by atoms with Crippen LogP contribution in [0.2, 0.25) is 0 Å². The molecule has 0 radical (unpaired) electrons. The maximum atomic E-state index is 11.3. The van der Waals surface area contributed by atoms with Crippen molar-refractivity contribution < 1.29 is 15.0 Å². The molecule has 3 aromatic carbocycles. The third kappa shape index (κ3) is 6.76. The van der Waals surface area contributed by atoms with Crippen molar-refractivity contribution in [1.82, 2.24) is 4.90 Å². The number of hydrogen-bond acceptors (Lipinski definition) is 4. The summed E-state index contributed by atoms with van der Waals surface area (Å²) in [6, 6.07) is 26.7. The number of carbonyl (C=O) groups is 1. The molecule has 32 heavy (non-hydrogen) atoms. The maximum absolute atomic E-state index is 11.3. The van der Waals surface area contributed by atoms with Gasteiger partial charge in [-0.25, -0.2) is 0 Å². The third-order valence-corrected chi connectivity index (χ3v) is 5.90. The molecule has 1 amide bonds. The summed E-state index contributed by atoms with van der Waals surface area (Å²) in [5.74, 6) is -0.430. The van der Waals surface area contributed by atoms with Gasteiger partial charge in [0.05, 0.1) is 12.2 Å². The molecule has 0 fully saturated rings. The Bertz CT molecular complexity index is 914. The first kappa shape index (κ1) is 23.7. The van der Waals surface area contributed by atoms with E-state index >= 15 is 0 Å². The molecule has 0 aromatic heterocycles. The summed E-state index contributed by atoms with van der Waals surface area (Å²) < 4.78 is 0. The molecule has 0 bridgehead atoms. The van der Waals surface area contributed by atoms with E-state index in [0.29, 0.717) is 18.7 Å². The fraction of sp³-hybridized carbons (Fsp3) is 0.296. The van der Waals surface area contributed by atoms with Gasteiger partial charge in [-0.3, -0.25) is 9.69 Å². The molecular weight excluding hydrogens is 400 g/mol. The normalized spacial score (nSPS) is 14.1. The number of primary amides is 1. The van der Waals surface area contributed by atoms with Crippen molar-refractivity contribution in [3.63, 3.8) is 0 Å². The molecule has 3 atom stereocenters. The van der Waals surface area contributed by atoms with E-state index in [4.69, 9.17) is 5.73 Å². The van der Waals surface area contributed by atoms with Crippen LogP contribution >= 0.6 is 0 Å². The van der Waals surface area contributed by atoms with Crippen molar-refractivity contribution >= 4 is 5.91 Å². The topological polar surface area (TPSA) is 86.8 Å². The molecular formula is C27H32N2O3. The summed E-state index contributed by atoms with van der Waals surface area (Å²) in [6.07, 6.45) is 0.381. The predicted molar refractivity (Wildman–Crippen MR) is 127 cm³/mol. The SMILES string of the molecule is C[C@H](CCc1ccc(C(N)=O)cc1)N(C[C@@H](O)c1ccccc1)C[C@@H](O)c1ccccc1. The molecule has 0 spiro atoms. The van der Waals surface area contributed by atoms with Gasteiger partial charge in [0, 0.05) is 24.7 Å². The van der Waals surface area contributed by atoms with Gasteiger partial charge in [-0.15, -0.1) is 0 Å². The molecule has 0 saturated heterocycles. The van der Waals surface area contributed by atoms with Gasteiger partial charge in [-0.1, -0.05) is 72.8 Å². The number of nitrogens with zero attached hydrogens (tertiary/aromatic N) is 1. The summed E-state index contributed by atoms with van der Waals surface area (Å²) >= 11 is 0. The monoisotopic (exact) mass is 432 g/mol. The third-order valence-electron chi connectivity index (χ3n) is 5.90. The molecule has 3 aromatic rings. The molecule has 0 saturated carbocycles. The fourth-order valence-electron chi connectivity index (χ4n) is 3.83. The summed E-state index contributed by atoms with van der Waals surface area (Å²) in [5, 5.41) is 21.6. The lowest BCUT2D eigenvalue weighted by Gasteiger charge is -2.33. The van der Waals surface area contributed by atoms with Gasteiger partial charge < -0.3 is 15.9 Å². The Kier molecular flexibility index (Phi) is 8.56. The van der Waals surface area contributed by atoms with Crippen molar-refractivity contribution in [3.05, 3.63) is 107 Å². The molecule has 5 heteroatoms. The van der Waals surface area contributed by atoms with E-state index < -0.39 is 18.1 Å². The van der Waals surface area contributed by atoms with Gasteiger partial charge in [-0.05, 0) is 48.6 Å². The number of amides is 1. The number of rotatable bonds is 11. The van der Waals surface area contributed by atoms with E-state index in [1.807, 2.05) is 72.8 Å². The standard InChI is InChI=1S/C27H32N2O3/c1-20(12-13-21-14-16-24(17-15-21)27(28)32)29(18-25(30)22-8-4-2-5-9-22)19-26(31)23-10-6-3-7-11-23/h2-11,14-17,20,25-26,30-31H,12-13,18-19H2,1H3,(H2,28,32)/t20-,25-,26-/m1/s1. The van der Waals surface area contributed by atoms with E-state index in [1.165, 1.54) is 0 Å². The highest BCUT2D eigenvalue weighted by atomic mass is 16.3. The Morgan fingerprint density at radius 1 is 0.812 bits per heavy atom. The number of aliphatic hydroxyl groups is 2. The Morgan fingerprint density at radius 3 is 1.72 bits per heavy atom. The largest absolute Gasteiger partial charge is 0.387 e. The van der Waals surface area contributed by atoms with Crippen molar-refractivity contribution in [2.75, 3.05) is 13.1 Å². The second-order valence-electron chi connectivity index (χ2n) is 8.26. The molecule has 0 unspecified atom stereocenters. The average molecular weight is 433 g/mol. The van der Waals surface area contributed by atoms with E-state index in [0.717, 1.165) is 29.5 Å². The van der Waals surface area contributed by atoms with Crippen molar-refractivity contribution in [2.45, 2.75) is 38.0 Å². The average Bonchev–Trinajstić information content (AvgIpc) is 2.83. The van der Waals surface area contributed by atoms with Crippen LogP contribution in [0.15, 0.2) is 84.9 Å². The number of aryl methyl sites for hydroxylation is 1. The van der Waals surface area contributed by atoms with E-state index in [-0.39, 0.29) is 6.04 Å². The zero-order valence-electron chi connectivity index (χ0n) is 18.5. The van der Waals surface area contributed by atoms with Crippen molar-refractivity contribution in [1.29, 1.82) is 0 Å². The summed E-state index contributed by atoms with van der Waals surface area (Å²) in [4.78, 5) is 13.4. The van der Waals surface area contributed by atoms with Crippen LogP contribution in [0.25, 0.3) is 0 Å². The van der Waals surface area contributed by atoms with Crippen LogP contribution in [-0.2, 0) is 6.42 Å². The van der Waals surface area contributed by atoms with Gasteiger partial charge in [0.25, 0.3) is 0 Å². The number of aliphatic hydroxyl groups excluding tert-OH is 2. The second-order valence-corrected chi connectivity index (χ2v) is 8.26. The van der Waals surface area contributed by atoms with Crippen molar-refractivity contribution in [3.8, 4) is 0 Å². The van der Waals surface area contributed by atoms with Gasteiger partial charge in [0.2, 0.25) is 5.91 Å². The van der Waals surface area contributed by atoms with Crippen LogP contribution in [0.5, 0.6) is 0 Å². The lowest BCUT2D eigenvalue weighted by atomic mass is 10.0. The second kappa shape index (κ2) is 11.6. The molecule has 0 aliphatic carbocycles. The molecule has 5 nitrogen and oxygen atoms in total. The molecule has 4 N–H and O–H groups in total. The van der Waals surface area contributed by atoms with Crippen LogP contribution in [0.3, 0.4) is 0 Å². The Balaban J connectivity index is 1.68. The first-order valence-electron chi connectivity index (χ1n) is 11.0. The zero-order valence-corrected chi connectivity index (χ0v) is 18.5. The van der Waals surface area contributed by atoms with Gasteiger partial charge >= 0.3 is 0 Å². The Morgan fingerprint density at radius 2 is 1.28 bits per heavy atom. The lowest BCUT2D eigenvalue weighted by Crippen LogP contribution is -2.39. The van der Waals surface area contributed by atoms with Gasteiger partial charge in [0.1, 0.15) is 0 Å². The maximum Gasteiger partial charge on any atom is 0.248 e. The van der Waals surface area contributed by atoms with Crippen LogP contribution < -0.4 is 5.73 Å². The summed E-state index contributed by atoms with van der Waals surface area (Å²) in [6.45, 7) is 2.97. The molecule has 0 heterocycles. The highest BCUT2D eigenvalue weighted by molar-refractivity contribution is 5.92. The number of nitrogens with two attached hydrogens (primary N) is 1. The summed E-state index contributed by atoms with van der Waals surface area (Å²) in [7, 11) is 0. The zero-order chi connectivity index (χ0) is 22.9. The first-order chi connectivity index (χ1) is 15.4. The molecule has 0 aliphatic heterocycles. The summed E-state index contributed by atoms with van der Waals surface area (Å²) in [5.41, 5.74) is 8.67. The first-order valence-corrected chi connectivity index (χ1v) is 11.0. The lowest BCUT2D eigenvalue weighted by molar-refractivity contribution is 0.0460. The predicted octanol–water partition coefficient (Wildman–Crippen LogP) is 3.88. The minimum atomic E-state index is -0.642. The van der Waals surface area contributed by atoms with E-state index in [2.05, 4.69) is 11.8 Å². The van der Waals surface area contributed by atoms with E-state index in [9.17, 15) is 15.0 Å². The van der Waals surface area contributed by atoms with Crippen molar-refractivity contribution in [2.24, 2.45) is 5.73 Å². The smallest absolute Gasteiger partial charge is 0.248 e.